The van der Waals surface area contributed by atoms with E-state index in [-0.39, 0.29) is 29.0 Å². The van der Waals surface area contributed by atoms with Crippen molar-refractivity contribution in [3.63, 3.8) is 0 Å². The van der Waals surface area contributed by atoms with Crippen LogP contribution >= 0.6 is 0 Å². The van der Waals surface area contributed by atoms with Crippen LogP contribution in [0.15, 0.2) is 66.9 Å². The smallest absolute Gasteiger partial charge is 0.405 e. The van der Waals surface area contributed by atoms with Gasteiger partial charge in [-0.15, -0.1) is 5.10 Å². The molecular weight excluding hydrogens is 580 g/mol. The minimum atomic E-state index is -4.54. The molecule has 6 rings (SSSR count). The summed E-state index contributed by atoms with van der Waals surface area (Å²) in [5, 5.41) is 15.8. The van der Waals surface area contributed by atoms with Gasteiger partial charge in [0, 0.05) is 24.4 Å². The first kappa shape index (κ1) is 29.6. The predicted octanol–water partition coefficient (Wildman–Crippen LogP) is 7.36. The van der Waals surface area contributed by atoms with Gasteiger partial charge in [0.05, 0.1) is 22.9 Å². The fourth-order valence-electron chi connectivity index (χ4n) is 5.59. The number of allylic oxidation sites excluding steroid dienone is 1. The summed E-state index contributed by atoms with van der Waals surface area (Å²) in [7, 11) is 0. The molecule has 0 radical (unpaired) electrons. The molecule has 0 spiro atoms. The number of ether oxygens (including phenoxy) is 2. The first-order chi connectivity index (χ1) is 21.1. The molecule has 1 unspecified atom stereocenters. The van der Waals surface area contributed by atoms with E-state index in [2.05, 4.69) is 15.4 Å². The monoisotopic (exact) mass is 610 g/mol. The molecule has 3 heterocycles. The maximum absolute atomic E-state index is 15.3. The number of pyridine rings is 1. The number of carbonyl (C=O) groups is 1. The Morgan fingerprint density at radius 2 is 1.84 bits per heavy atom. The van der Waals surface area contributed by atoms with Crippen LogP contribution in [-0.2, 0) is 4.74 Å². The molecule has 12 heteroatoms. The maximum Gasteiger partial charge on any atom is 0.405 e. The number of hydrogen-bond donors (Lipinski definition) is 2. The molecule has 1 saturated carbocycles. The Morgan fingerprint density at radius 1 is 1.07 bits per heavy atom. The van der Waals surface area contributed by atoms with Crippen molar-refractivity contribution in [3.8, 4) is 5.88 Å². The van der Waals surface area contributed by atoms with Crippen molar-refractivity contribution < 1.29 is 36.9 Å². The van der Waals surface area contributed by atoms with Crippen molar-refractivity contribution in [2.75, 3.05) is 13.2 Å². The van der Waals surface area contributed by atoms with Gasteiger partial charge in [-0.1, -0.05) is 36.4 Å². The molecular formula is C32H30F4N4O4. The summed E-state index contributed by atoms with van der Waals surface area (Å²) >= 11 is 0. The molecule has 1 aliphatic carbocycles. The average molecular weight is 611 g/mol. The molecule has 2 aromatic carbocycles. The number of rotatable bonds is 9. The average Bonchev–Trinajstić information content (AvgIpc) is 3.69. The van der Waals surface area contributed by atoms with Crippen molar-refractivity contribution in [2.24, 2.45) is 0 Å². The van der Waals surface area contributed by atoms with E-state index < -0.39 is 36.4 Å². The third-order valence-electron chi connectivity index (χ3n) is 7.93. The fraction of sp³-hybridized carbons (Fsp3) is 0.344. The summed E-state index contributed by atoms with van der Waals surface area (Å²) in [6, 6.07) is 16.2. The van der Waals surface area contributed by atoms with Crippen molar-refractivity contribution in [1.82, 2.24) is 20.1 Å². The van der Waals surface area contributed by atoms with Crippen molar-refractivity contribution in [3.05, 3.63) is 89.5 Å². The Balaban J connectivity index is 1.43. The van der Waals surface area contributed by atoms with Gasteiger partial charge in [-0.2, -0.15) is 17.6 Å². The minimum absolute atomic E-state index is 0.000997. The molecule has 1 saturated heterocycles. The van der Waals surface area contributed by atoms with E-state index in [1.165, 1.54) is 23.0 Å². The van der Waals surface area contributed by atoms with Crippen LogP contribution in [0, 0.1) is 5.95 Å². The molecule has 44 heavy (non-hydrogen) atoms. The number of halogens is 4. The topological polar surface area (TPSA) is 98.5 Å². The van der Waals surface area contributed by atoms with Gasteiger partial charge in [0.1, 0.15) is 6.61 Å². The second-order valence-electron chi connectivity index (χ2n) is 11.2. The summed E-state index contributed by atoms with van der Waals surface area (Å²) in [6.45, 7) is 0.614. The van der Waals surface area contributed by atoms with Gasteiger partial charge in [-0.3, -0.25) is 0 Å². The van der Waals surface area contributed by atoms with E-state index >= 15 is 4.39 Å². The van der Waals surface area contributed by atoms with E-state index in [9.17, 15) is 18.0 Å². The molecule has 2 fully saturated rings. The van der Waals surface area contributed by atoms with E-state index in [0.29, 0.717) is 48.1 Å². The zero-order valence-corrected chi connectivity index (χ0v) is 23.6. The van der Waals surface area contributed by atoms with Crippen molar-refractivity contribution in [1.29, 1.82) is 0 Å². The van der Waals surface area contributed by atoms with Crippen LogP contribution in [-0.4, -0.2) is 50.9 Å². The molecule has 8 nitrogen and oxygen atoms in total. The highest BCUT2D eigenvalue weighted by Crippen LogP contribution is 2.41. The van der Waals surface area contributed by atoms with Gasteiger partial charge in [0.2, 0.25) is 11.8 Å². The predicted molar refractivity (Wildman–Crippen MR) is 154 cm³/mol. The molecule has 1 aliphatic heterocycles. The van der Waals surface area contributed by atoms with E-state index in [4.69, 9.17) is 14.6 Å². The van der Waals surface area contributed by atoms with Gasteiger partial charge in [-0.05, 0) is 72.6 Å². The standard InChI is InChI=1S/C32H30F4N4O4/c33-29-23-16-21(9-11-25(23)40(39-29)27-8-4-5-15-43-27)28(24(17-32(34,35)36)20-6-2-1-3-7-20)22-10-12-26(37-18-22)44-19-31(13-14-31)38-30(41)42/h1-3,6-7,9-12,16,18,27,38H,4-5,8,13-15,17,19H2,(H,41,42)/b28-24-. The second kappa shape index (κ2) is 11.9. The Morgan fingerprint density at radius 3 is 2.48 bits per heavy atom. The Kier molecular flexibility index (Phi) is 8.02. The summed E-state index contributed by atoms with van der Waals surface area (Å²) in [4.78, 5) is 15.4. The normalized spacial score (nSPS) is 18.5. The van der Waals surface area contributed by atoms with Crippen LogP contribution in [0.3, 0.4) is 0 Å². The summed E-state index contributed by atoms with van der Waals surface area (Å²) in [5.74, 6) is -0.544. The Bertz CT molecular complexity index is 1680. The first-order valence-electron chi connectivity index (χ1n) is 14.4. The zero-order chi connectivity index (χ0) is 30.9. The highest BCUT2D eigenvalue weighted by atomic mass is 19.4. The largest absolute Gasteiger partial charge is 0.475 e. The number of hydrogen-bond acceptors (Lipinski definition) is 5. The van der Waals surface area contributed by atoms with Crippen LogP contribution in [0.1, 0.15) is 61.4 Å². The van der Waals surface area contributed by atoms with Gasteiger partial charge in [0.15, 0.2) is 6.23 Å². The van der Waals surface area contributed by atoms with E-state index in [0.717, 1.165) is 12.8 Å². The highest BCUT2D eigenvalue weighted by molar-refractivity contribution is 6.00. The quantitative estimate of drug-likeness (QED) is 0.152. The lowest BCUT2D eigenvalue weighted by atomic mass is 9.88. The molecule has 2 N–H and O–H groups in total. The summed E-state index contributed by atoms with van der Waals surface area (Å²) in [5.41, 5.74) is 1.15. The zero-order valence-electron chi connectivity index (χ0n) is 23.6. The van der Waals surface area contributed by atoms with Gasteiger partial charge in [0.25, 0.3) is 0 Å². The molecule has 1 atom stereocenters. The molecule has 230 valence electrons. The van der Waals surface area contributed by atoms with Crippen LogP contribution in [0.4, 0.5) is 22.4 Å². The lowest BCUT2D eigenvalue weighted by Crippen LogP contribution is -2.40. The highest BCUT2D eigenvalue weighted by Gasteiger charge is 2.45. The number of amides is 1. The Hall–Kier alpha value is -4.45. The van der Waals surface area contributed by atoms with Crippen molar-refractivity contribution in [2.45, 2.75) is 56.5 Å². The molecule has 1 amide bonds. The molecule has 0 bridgehead atoms. The Labute approximate surface area is 250 Å². The van der Waals surface area contributed by atoms with Crippen LogP contribution in [0.2, 0.25) is 0 Å². The van der Waals surface area contributed by atoms with Crippen LogP contribution in [0.5, 0.6) is 5.88 Å². The third kappa shape index (κ3) is 6.54. The molecule has 4 aromatic rings. The summed E-state index contributed by atoms with van der Waals surface area (Å²) in [6.07, 6.45) is -2.16. The molecule has 2 aliphatic rings. The third-order valence-corrected chi connectivity index (χ3v) is 7.93. The lowest BCUT2D eigenvalue weighted by molar-refractivity contribution is -0.122. The summed E-state index contributed by atoms with van der Waals surface area (Å²) < 4.78 is 70.5. The SMILES string of the molecule is O=C(O)NC1(COc2ccc(/C(=C(/CC(F)(F)F)c3ccccc3)c3ccc4c(c3)c(F)nn4C3CCCCO3)cn2)CC1. The van der Waals surface area contributed by atoms with Crippen LogP contribution < -0.4 is 10.1 Å². The van der Waals surface area contributed by atoms with Gasteiger partial charge < -0.3 is 19.9 Å². The van der Waals surface area contributed by atoms with Crippen molar-refractivity contribution >= 4 is 28.1 Å². The number of nitrogens with zero attached hydrogens (tertiary/aromatic N) is 3. The number of benzene rings is 2. The number of carboxylic acid groups (broad SMARTS) is 1. The fourth-order valence-corrected chi connectivity index (χ4v) is 5.59. The van der Waals surface area contributed by atoms with Crippen LogP contribution in [0.25, 0.3) is 22.0 Å². The van der Waals surface area contributed by atoms with E-state index in [1.54, 1.807) is 48.5 Å². The molecule has 2 aromatic heterocycles. The number of alkyl halides is 3. The maximum atomic E-state index is 15.3. The number of aromatic nitrogens is 3. The lowest BCUT2D eigenvalue weighted by Gasteiger charge is -2.23. The van der Waals surface area contributed by atoms with Gasteiger partial charge in [-0.25, -0.2) is 14.5 Å². The van der Waals surface area contributed by atoms with E-state index in [1.807, 2.05) is 0 Å². The second-order valence-corrected chi connectivity index (χ2v) is 11.2. The minimum Gasteiger partial charge on any atom is -0.475 e. The van der Waals surface area contributed by atoms with Gasteiger partial charge >= 0.3 is 12.3 Å². The first-order valence-corrected chi connectivity index (χ1v) is 14.4. The number of nitrogens with one attached hydrogen (secondary N) is 1. The number of fused-ring (bicyclic) bond motifs is 1.